The van der Waals surface area contributed by atoms with Crippen molar-refractivity contribution in [3.63, 3.8) is 0 Å². The van der Waals surface area contributed by atoms with Gasteiger partial charge in [0.25, 0.3) is 0 Å². The van der Waals surface area contributed by atoms with E-state index in [1.807, 2.05) is 6.92 Å². The van der Waals surface area contributed by atoms with Crippen LogP contribution in [-0.4, -0.2) is 18.2 Å². The molecule has 0 aromatic heterocycles. The van der Waals surface area contributed by atoms with Crippen LogP contribution in [0.3, 0.4) is 0 Å². The summed E-state index contributed by atoms with van der Waals surface area (Å²) in [6.07, 6.45) is 0.639. The largest absolute Gasteiger partial charge is 0.444 e. The first-order valence-electron chi connectivity index (χ1n) is 4.42. The molecule has 12 heavy (non-hydrogen) atoms. The molecule has 70 valence electrons. The zero-order valence-electron chi connectivity index (χ0n) is 8.18. The molecule has 1 fully saturated rings. The van der Waals surface area contributed by atoms with Crippen molar-refractivity contribution < 1.29 is 9.53 Å². The molecule has 1 saturated heterocycles. The van der Waals surface area contributed by atoms with Gasteiger partial charge in [-0.1, -0.05) is 27.7 Å². The van der Waals surface area contributed by atoms with Crippen LogP contribution in [0.15, 0.2) is 0 Å². The normalized spacial score (nSPS) is 29.8. The minimum absolute atomic E-state index is 0.0394. The molecule has 0 aromatic rings. The molecule has 1 unspecified atom stereocenters. The van der Waals surface area contributed by atoms with Gasteiger partial charge in [-0.15, -0.1) is 0 Å². The predicted octanol–water partition coefficient (Wildman–Crippen LogP) is 1.92. The molecule has 0 saturated carbocycles. The van der Waals surface area contributed by atoms with E-state index >= 15 is 0 Å². The van der Waals surface area contributed by atoms with Crippen LogP contribution in [0.5, 0.6) is 0 Å². The van der Waals surface area contributed by atoms with Crippen LogP contribution in [0, 0.1) is 5.41 Å². The third-order valence-corrected chi connectivity index (χ3v) is 2.24. The number of carbonyl (C=O) groups is 1. The Kier molecular flexibility index (Phi) is 2.31. The van der Waals surface area contributed by atoms with Gasteiger partial charge < -0.3 is 10.1 Å². The lowest BCUT2D eigenvalue weighted by atomic mass is 9.83. The Labute approximate surface area is 73.5 Å². The van der Waals surface area contributed by atoms with Gasteiger partial charge in [-0.25, -0.2) is 4.79 Å². The van der Waals surface area contributed by atoms with Gasteiger partial charge in [0.2, 0.25) is 0 Å². The second-order valence-corrected chi connectivity index (χ2v) is 4.34. The molecule has 2 atom stereocenters. The fraction of sp³-hybridized carbons (Fsp3) is 0.889. The molecule has 0 radical (unpaired) electrons. The van der Waals surface area contributed by atoms with Crippen LogP contribution in [0.1, 0.15) is 34.1 Å². The Morgan fingerprint density at radius 1 is 1.50 bits per heavy atom. The molecule has 0 spiro atoms. The highest BCUT2D eigenvalue weighted by atomic mass is 16.6. The Morgan fingerprint density at radius 2 is 2.08 bits per heavy atom. The number of cyclic esters (lactones) is 1. The molecule has 1 heterocycles. The van der Waals surface area contributed by atoms with Crippen molar-refractivity contribution in [2.75, 3.05) is 0 Å². The molecule has 3 heteroatoms. The molecule has 1 amide bonds. The summed E-state index contributed by atoms with van der Waals surface area (Å²) in [5.41, 5.74) is 0.0762. The summed E-state index contributed by atoms with van der Waals surface area (Å²) in [7, 11) is 0. The van der Waals surface area contributed by atoms with E-state index in [1.165, 1.54) is 0 Å². The Balaban J connectivity index is 2.70. The van der Waals surface area contributed by atoms with Crippen LogP contribution < -0.4 is 5.32 Å². The summed E-state index contributed by atoms with van der Waals surface area (Å²) in [5, 5.41) is 2.83. The lowest BCUT2D eigenvalue weighted by molar-refractivity contribution is 0.108. The van der Waals surface area contributed by atoms with Crippen molar-refractivity contribution in [3.05, 3.63) is 0 Å². The van der Waals surface area contributed by atoms with E-state index in [4.69, 9.17) is 4.74 Å². The Morgan fingerprint density at radius 3 is 2.42 bits per heavy atom. The van der Waals surface area contributed by atoms with E-state index in [-0.39, 0.29) is 23.7 Å². The van der Waals surface area contributed by atoms with E-state index in [9.17, 15) is 4.79 Å². The van der Waals surface area contributed by atoms with Crippen molar-refractivity contribution in [3.8, 4) is 0 Å². The quantitative estimate of drug-likeness (QED) is 0.654. The van der Waals surface area contributed by atoms with Crippen LogP contribution in [-0.2, 0) is 4.74 Å². The van der Waals surface area contributed by atoms with Gasteiger partial charge in [-0.05, 0) is 11.8 Å². The maximum absolute atomic E-state index is 10.9. The minimum Gasteiger partial charge on any atom is -0.444 e. The molecular weight excluding hydrogens is 154 g/mol. The average Bonchev–Trinajstić information content (AvgIpc) is 2.29. The van der Waals surface area contributed by atoms with Gasteiger partial charge in [0.15, 0.2) is 0 Å². The van der Waals surface area contributed by atoms with Gasteiger partial charge in [0.05, 0.1) is 6.04 Å². The first kappa shape index (κ1) is 9.36. The van der Waals surface area contributed by atoms with E-state index < -0.39 is 0 Å². The van der Waals surface area contributed by atoms with Gasteiger partial charge in [-0.3, -0.25) is 0 Å². The second kappa shape index (κ2) is 2.96. The number of ether oxygens (including phenoxy) is 1. The van der Waals surface area contributed by atoms with Crippen LogP contribution in [0.2, 0.25) is 0 Å². The average molecular weight is 171 g/mol. The van der Waals surface area contributed by atoms with E-state index in [0.717, 1.165) is 6.42 Å². The van der Waals surface area contributed by atoms with Gasteiger partial charge in [-0.2, -0.15) is 0 Å². The third-order valence-electron chi connectivity index (χ3n) is 2.24. The lowest BCUT2D eigenvalue weighted by Gasteiger charge is -2.28. The summed E-state index contributed by atoms with van der Waals surface area (Å²) < 4.78 is 5.10. The number of hydrogen-bond acceptors (Lipinski definition) is 2. The number of nitrogens with one attached hydrogen (secondary N) is 1. The fourth-order valence-electron chi connectivity index (χ4n) is 1.55. The van der Waals surface area contributed by atoms with Crippen LogP contribution in [0.4, 0.5) is 4.79 Å². The van der Waals surface area contributed by atoms with Gasteiger partial charge in [0, 0.05) is 0 Å². The van der Waals surface area contributed by atoms with E-state index in [2.05, 4.69) is 26.1 Å². The SMILES string of the molecule is CCC1OC(=O)N[C@H]1C(C)(C)C. The monoisotopic (exact) mass is 171 g/mol. The molecule has 1 rings (SSSR count). The zero-order chi connectivity index (χ0) is 9.35. The maximum Gasteiger partial charge on any atom is 0.407 e. The highest BCUT2D eigenvalue weighted by molar-refractivity contribution is 5.70. The first-order chi connectivity index (χ1) is 5.45. The van der Waals surface area contributed by atoms with Crippen molar-refractivity contribution in [1.29, 1.82) is 0 Å². The molecule has 0 aromatic carbocycles. The summed E-state index contributed by atoms with van der Waals surface area (Å²) in [5.74, 6) is 0. The molecular formula is C9H17NO2. The van der Waals surface area contributed by atoms with Crippen molar-refractivity contribution in [2.45, 2.75) is 46.3 Å². The zero-order valence-corrected chi connectivity index (χ0v) is 8.18. The number of alkyl carbamates (subject to hydrolysis) is 1. The topological polar surface area (TPSA) is 38.3 Å². The fourth-order valence-corrected chi connectivity index (χ4v) is 1.55. The smallest absolute Gasteiger partial charge is 0.407 e. The van der Waals surface area contributed by atoms with Crippen LogP contribution in [0.25, 0.3) is 0 Å². The molecule has 1 aliphatic rings. The Bertz CT molecular complexity index is 183. The predicted molar refractivity (Wildman–Crippen MR) is 46.9 cm³/mol. The summed E-state index contributed by atoms with van der Waals surface area (Å²) in [6.45, 7) is 8.35. The van der Waals surface area contributed by atoms with Crippen molar-refractivity contribution in [2.24, 2.45) is 5.41 Å². The maximum atomic E-state index is 10.9. The summed E-state index contributed by atoms with van der Waals surface area (Å²) in [6, 6.07) is 0.148. The number of amides is 1. The van der Waals surface area contributed by atoms with Crippen molar-refractivity contribution >= 4 is 6.09 Å². The third kappa shape index (κ3) is 1.71. The van der Waals surface area contributed by atoms with E-state index in [0.29, 0.717) is 0 Å². The summed E-state index contributed by atoms with van der Waals surface area (Å²) >= 11 is 0. The number of carbonyl (C=O) groups excluding carboxylic acids is 1. The van der Waals surface area contributed by atoms with E-state index in [1.54, 1.807) is 0 Å². The molecule has 1 aliphatic heterocycles. The molecule has 0 bridgehead atoms. The Hall–Kier alpha value is -0.730. The number of rotatable bonds is 1. The molecule has 3 nitrogen and oxygen atoms in total. The number of hydrogen-bond donors (Lipinski definition) is 1. The standard InChI is InChI=1S/C9H17NO2/c1-5-6-7(9(2,3)4)10-8(11)12-6/h6-7H,5H2,1-4H3,(H,10,11)/t6?,7-/m1/s1. The molecule has 1 N–H and O–H groups in total. The van der Waals surface area contributed by atoms with Crippen molar-refractivity contribution in [1.82, 2.24) is 5.32 Å². The second-order valence-electron chi connectivity index (χ2n) is 4.34. The van der Waals surface area contributed by atoms with Gasteiger partial charge >= 0.3 is 6.09 Å². The molecule has 0 aliphatic carbocycles. The highest BCUT2D eigenvalue weighted by Gasteiger charge is 2.40. The van der Waals surface area contributed by atoms with Crippen LogP contribution >= 0.6 is 0 Å². The summed E-state index contributed by atoms with van der Waals surface area (Å²) in [4.78, 5) is 10.9. The lowest BCUT2D eigenvalue weighted by Crippen LogP contribution is -2.42. The van der Waals surface area contributed by atoms with Gasteiger partial charge in [0.1, 0.15) is 6.10 Å². The highest BCUT2D eigenvalue weighted by Crippen LogP contribution is 2.28. The minimum atomic E-state index is -0.276. The first-order valence-corrected chi connectivity index (χ1v) is 4.42.